The number of nitrogens with zero attached hydrogens (tertiary/aromatic N) is 2. The summed E-state index contributed by atoms with van der Waals surface area (Å²) in [4.78, 5) is 29.2. The van der Waals surface area contributed by atoms with Crippen LogP contribution in [-0.2, 0) is 32.6 Å². The molecule has 11 heteroatoms. The first-order valence-corrected chi connectivity index (χ1v) is 15.3. The number of nitrogens with one attached hydrogen (secondary N) is 1. The van der Waals surface area contributed by atoms with E-state index in [-0.39, 0.29) is 36.2 Å². The Labute approximate surface area is 247 Å². The zero-order valence-electron chi connectivity index (χ0n) is 24.5. The molecule has 0 fully saturated rings. The molecule has 3 rings (SSSR count). The van der Waals surface area contributed by atoms with Crippen LogP contribution in [0.5, 0.6) is 11.5 Å². The zero-order valence-corrected chi connectivity index (χ0v) is 25.4. The first kappa shape index (κ1) is 32.4. The molecule has 9 nitrogen and oxygen atoms in total. The molecule has 0 saturated heterocycles. The van der Waals surface area contributed by atoms with Crippen LogP contribution >= 0.6 is 0 Å². The SMILES string of the molecule is COc1ccc(OC)c(N(CC(=O)N(Cc2ccc(F)cc2)[C@H](Cc2ccccc2)C(=O)NCC(C)C)S(C)(=O)=O)c1. The van der Waals surface area contributed by atoms with E-state index in [1.807, 2.05) is 44.2 Å². The molecule has 0 aliphatic heterocycles. The molecule has 0 aliphatic carbocycles. The quantitative estimate of drug-likeness (QED) is 0.300. The van der Waals surface area contributed by atoms with Crippen LogP contribution in [0, 0.1) is 11.7 Å². The van der Waals surface area contributed by atoms with Crippen LogP contribution in [0.2, 0.25) is 0 Å². The fourth-order valence-corrected chi connectivity index (χ4v) is 5.19. The Balaban J connectivity index is 2.09. The number of hydrogen-bond donors (Lipinski definition) is 1. The maximum absolute atomic E-state index is 14.2. The van der Waals surface area contributed by atoms with E-state index in [2.05, 4.69) is 5.32 Å². The minimum atomic E-state index is -4.01. The van der Waals surface area contributed by atoms with Crippen molar-refractivity contribution >= 4 is 27.5 Å². The second kappa shape index (κ2) is 14.7. The largest absolute Gasteiger partial charge is 0.497 e. The van der Waals surface area contributed by atoms with E-state index in [0.29, 0.717) is 17.9 Å². The van der Waals surface area contributed by atoms with Crippen LogP contribution < -0.4 is 19.1 Å². The molecule has 2 amide bonds. The first-order valence-electron chi connectivity index (χ1n) is 13.5. The van der Waals surface area contributed by atoms with Crippen molar-refractivity contribution in [3.8, 4) is 11.5 Å². The summed E-state index contributed by atoms with van der Waals surface area (Å²) in [5, 5.41) is 2.92. The van der Waals surface area contributed by atoms with E-state index in [0.717, 1.165) is 16.1 Å². The van der Waals surface area contributed by atoms with Gasteiger partial charge in [-0.1, -0.05) is 56.3 Å². The van der Waals surface area contributed by atoms with Crippen LogP contribution in [0.25, 0.3) is 0 Å². The number of anilines is 1. The minimum Gasteiger partial charge on any atom is -0.497 e. The van der Waals surface area contributed by atoms with E-state index in [1.165, 1.54) is 49.5 Å². The highest BCUT2D eigenvalue weighted by Gasteiger charge is 2.34. The van der Waals surface area contributed by atoms with Crippen molar-refractivity contribution in [1.29, 1.82) is 0 Å². The average molecular weight is 600 g/mol. The molecule has 0 unspecified atom stereocenters. The lowest BCUT2D eigenvalue weighted by atomic mass is 10.0. The Bertz CT molecular complexity index is 1450. The number of benzene rings is 3. The van der Waals surface area contributed by atoms with Gasteiger partial charge >= 0.3 is 0 Å². The van der Waals surface area contributed by atoms with Crippen molar-refractivity contribution in [2.24, 2.45) is 5.92 Å². The van der Waals surface area contributed by atoms with Gasteiger partial charge in [0.25, 0.3) is 0 Å². The standard InChI is InChI=1S/C31H38FN3O6S/c1-22(2)19-33-31(37)28(17-23-9-7-6-8-10-23)34(20-24-11-13-25(32)14-12-24)30(36)21-35(42(5,38)39)27-18-26(40-3)15-16-29(27)41-4/h6-16,18,22,28H,17,19-21H2,1-5H3,(H,33,37)/t28-/m1/s1. The van der Waals surface area contributed by atoms with Crippen LogP contribution in [-0.4, -0.2) is 64.7 Å². The maximum atomic E-state index is 14.2. The number of carbonyl (C=O) groups is 2. The summed E-state index contributed by atoms with van der Waals surface area (Å²) in [5.74, 6) is -0.711. The second-order valence-corrected chi connectivity index (χ2v) is 12.2. The smallest absolute Gasteiger partial charge is 0.244 e. The lowest BCUT2D eigenvalue weighted by Crippen LogP contribution is -2.53. The number of ether oxygens (including phenoxy) is 2. The number of hydrogen-bond acceptors (Lipinski definition) is 6. The monoisotopic (exact) mass is 599 g/mol. The number of halogens is 1. The third-order valence-electron chi connectivity index (χ3n) is 6.56. The van der Waals surface area contributed by atoms with Gasteiger partial charge in [0.05, 0.1) is 26.2 Å². The first-order chi connectivity index (χ1) is 19.9. The highest BCUT2D eigenvalue weighted by atomic mass is 32.2. The van der Waals surface area contributed by atoms with Crippen LogP contribution in [0.15, 0.2) is 72.8 Å². The Kier molecular flexibility index (Phi) is 11.3. The van der Waals surface area contributed by atoms with E-state index >= 15 is 0 Å². The minimum absolute atomic E-state index is 0.0570. The summed E-state index contributed by atoms with van der Waals surface area (Å²) in [6, 6.07) is 18.5. The summed E-state index contributed by atoms with van der Waals surface area (Å²) >= 11 is 0. The molecule has 226 valence electrons. The van der Waals surface area contributed by atoms with E-state index in [1.54, 1.807) is 12.1 Å². The molecule has 0 radical (unpaired) electrons. The molecule has 0 spiro atoms. The molecule has 0 aromatic heterocycles. The number of amides is 2. The molecule has 1 N–H and O–H groups in total. The predicted octanol–water partition coefficient (Wildman–Crippen LogP) is 4.02. The summed E-state index contributed by atoms with van der Waals surface area (Å²) in [6.45, 7) is 3.63. The van der Waals surface area contributed by atoms with E-state index < -0.39 is 34.3 Å². The van der Waals surface area contributed by atoms with Gasteiger partial charge in [0, 0.05) is 25.6 Å². The van der Waals surface area contributed by atoms with Gasteiger partial charge in [-0.05, 0) is 41.3 Å². The summed E-state index contributed by atoms with van der Waals surface area (Å²) in [5.41, 5.74) is 1.50. The highest BCUT2D eigenvalue weighted by Crippen LogP contribution is 2.34. The third kappa shape index (κ3) is 8.94. The molecular weight excluding hydrogens is 561 g/mol. The Morgan fingerprint density at radius 1 is 0.929 bits per heavy atom. The van der Waals surface area contributed by atoms with Crippen LogP contribution in [0.3, 0.4) is 0 Å². The topological polar surface area (TPSA) is 105 Å². The molecule has 0 heterocycles. The number of sulfonamides is 1. The number of rotatable bonds is 14. The summed E-state index contributed by atoms with van der Waals surface area (Å²) < 4.78 is 51.5. The van der Waals surface area contributed by atoms with Crippen molar-refractivity contribution in [2.75, 3.05) is 37.9 Å². The lowest BCUT2D eigenvalue weighted by molar-refractivity contribution is -0.140. The van der Waals surface area contributed by atoms with Crippen LogP contribution in [0.4, 0.5) is 10.1 Å². The fraction of sp³-hybridized carbons (Fsp3) is 0.355. The van der Waals surface area contributed by atoms with Gasteiger partial charge in [-0.3, -0.25) is 13.9 Å². The van der Waals surface area contributed by atoms with Gasteiger partial charge in [0.15, 0.2) is 0 Å². The van der Waals surface area contributed by atoms with Gasteiger partial charge < -0.3 is 19.7 Å². The second-order valence-electron chi connectivity index (χ2n) is 10.3. The lowest BCUT2D eigenvalue weighted by Gasteiger charge is -2.34. The third-order valence-corrected chi connectivity index (χ3v) is 7.68. The maximum Gasteiger partial charge on any atom is 0.244 e. The summed E-state index contributed by atoms with van der Waals surface area (Å²) in [6.07, 6.45) is 1.17. The van der Waals surface area contributed by atoms with Crippen molar-refractivity contribution in [3.05, 3.63) is 89.7 Å². The van der Waals surface area contributed by atoms with Gasteiger partial charge in [-0.15, -0.1) is 0 Å². The molecule has 42 heavy (non-hydrogen) atoms. The average Bonchev–Trinajstić information content (AvgIpc) is 2.96. The van der Waals surface area contributed by atoms with Gasteiger partial charge in [-0.2, -0.15) is 0 Å². The molecule has 3 aromatic carbocycles. The van der Waals surface area contributed by atoms with E-state index in [9.17, 15) is 22.4 Å². The molecular formula is C31H38FN3O6S. The Morgan fingerprint density at radius 2 is 1.60 bits per heavy atom. The van der Waals surface area contributed by atoms with Gasteiger partial charge in [-0.25, -0.2) is 12.8 Å². The van der Waals surface area contributed by atoms with Crippen LogP contribution in [0.1, 0.15) is 25.0 Å². The number of carbonyl (C=O) groups excluding carboxylic acids is 2. The molecule has 3 aromatic rings. The Morgan fingerprint density at radius 3 is 2.17 bits per heavy atom. The van der Waals surface area contributed by atoms with Crippen molar-refractivity contribution in [2.45, 2.75) is 32.9 Å². The number of methoxy groups -OCH3 is 2. The highest BCUT2D eigenvalue weighted by molar-refractivity contribution is 7.92. The normalized spacial score (nSPS) is 12.0. The van der Waals surface area contributed by atoms with Crippen molar-refractivity contribution < 1.29 is 31.9 Å². The fourth-order valence-electron chi connectivity index (χ4n) is 4.35. The van der Waals surface area contributed by atoms with Gasteiger partial charge in [0.1, 0.15) is 29.9 Å². The predicted molar refractivity (Wildman–Crippen MR) is 160 cm³/mol. The van der Waals surface area contributed by atoms with Crippen molar-refractivity contribution in [1.82, 2.24) is 10.2 Å². The molecule has 0 bridgehead atoms. The zero-order chi connectivity index (χ0) is 30.9. The summed E-state index contributed by atoms with van der Waals surface area (Å²) in [7, 11) is -1.18. The van der Waals surface area contributed by atoms with Gasteiger partial charge in [0.2, 0.25) is 21.8 Å². The molecule has 1 atom stereocenters. The van der Waals surface area contributed by atoms with Crippen molar-refractivity contribution in [3.63, 3.8) is 0 Å². The molecule has 0 saturated carbocycles. The Hall–Kier alpha value is -4.12. The van der Waals surface area contributed by atoms with E-state index in [4.69, 9.17) is 9.47 Å². The molecule has 0 aliphatic rings.